The first-order valence-corrected chi connectivity index (χ1v) is 8.83. The Morgan fingerprint density at radius 2 is 1.92 bits per heavy atom. The summed E-state index contributed by atoms with van der Waals surface area (Å²) in [5, 5.41) is 19.3. The Morgan fingerprint density at radius 1 is 1.27 bits per heavy atom. The Kier molecular flexibility index (Phi) is 6.75. The van der Waals surface area contributed by atoms with Gasteiger partial charge in [0.05, 0.1) is 12.0 Å². The van der Waals surface area contributed by atoms with Crippen molar-refractivity contribution in [1.29, 1.82) is 0 Å². The molecule has 0 fully saturated rings. The number of hydrogen-bond acceptors (Lipinski definition) is 3. The monoisotopic (exact) mass is 379 g/mol. The number of aliphatic hydroxyl groups excluding tert-OH is 1. The van der Waals surface area contributed by atoms with E-state index in [1.807, 2.05) is 12.1 Å². The molecule has 2 atom stereocenters. The molecule has 2 aromatic carbocycles. The van der Waals surface area contributed by atoms with Crippen LogP contribution in [0.15, 0.2) is 42.5 Å². The van der Waals surface area contributed by atoms with Crippen LogP contribution < -0.4 is 5.73 Å². The van der Waals surface area contributed by atoms with Gasteiger partial charge in [-0.3, -0.25) is 4.79 Å². The molecule has 4 nitrogen and oxygen atoms in total. The van der Waals surface area contributed by atoms with E-state index in [9.17, 15) is 19.4 Å². The number of benzene rings is 2. The molecule has 6 heteroatoms. The van der Waals surface area contributed by atoms with E-state index in [2.05, 4.69) is 0 Å². The van der Waals surface area contributed by atoms with E-state index in [4.69, 9.17) is 17.3 Å². The smallest absolute Gasteiger partial charge is 0.312 e. The highest BCUT2D eigenvalue weighted by Gasteiger charge is 2.37. The first kappa shape index (κ1) is 20.4. The van der Waals surface area contributed by atoms with Crippen LogP contribution in [0.1, 0.15) is 25.3 Å². The van der Waals surface area contributed by atoms with Gasteiger partial charge in [-0.25, -0.2) is 4.39 Å². The second kappa shape index (κ2) is 8.62. The SMILES string of the molecule is CCC(CO)(CC(N)Cc1ccc(-c2cc(Cl)ccc2F)cc1)C(=O)O. The zero-order chi connectivity index (χ0) is 19.3. The van der Waals surface area contributed by atoms with Gasteiger partial charge >= 0.3 is 5.97 Å². The first-order valence-electron chi connectivity index (χ1n) is 8.45. The minimum atomic E-state index is -1.22. The van der Waals surface area contributed by atoms with Crippen molar-refractivity contribution in [3.63, 3.8) is 0 Å². The van der Waals surface area contributed by atoms with Gasteiger partial charge in [0.25, 0.3) is 0 Å². The molecule has 0 aliphatic heterocycles. The molecule has 0 radical (unpaired) electrons. The quantitative estimate of drug-likeness (QED) is 0.650. The standard InChI is InChI=1S/C20H23ClFNO3/c1-2-20(12-24,19(25)26)11-16(23)9-13-3-5-14(6-4-13)17-10-15(21)7-8-18(17)22/h3-8,10,16,24H,2,9,11-12,23H2,1H3,(H,25,26). The first-order chi connectivity index (χ1) is 12.3. The molecule has 0 aliphatic rings. The molecule has 2 rings (SSSR count). The van der Waals surface area contributed by atoms with Crippen LogP contribution in [0.25, 0.3) is 11.1 Å². The minimum absolute atomic E-state index is 0.181. The highest BCUT2D eigenvalue weighted by molar-refractivity contribution is 6.30. The van der Waals surface area contributed by atoms with Gasteiger partial charge in [-0.2, -0.15) is 0 Å². The summed E-state index contributed by atoms with van der Waals surface area (Å²) in [6.07, 6.45) is 0.951. The van der Waals surface area contributed by atoms with E-state index in [1.165, 1.54) is 12.1 Å². The van der Waals surface area contributed by atoms with Crippen molar-refractivity contribution in [2.75, 3.05) is 6.61 Å². The third-order valence-electron chi connectivity index (χ3n) is 4.78. The number of aliphatic hydroxyl groups is 1. The van der Waals surface area contributed by atoms with Crippen LogP contribution >= 0.6 is 11.6 Å². The molecule has 26 heavy (non-hydrogen) atoms. The average molecular weight is 380 g/mol. The molecule has 140 valence electrons. The van der Waals surface area contributed by atoms with E-state index < -0.39 is 24.0 Å². The van der Waals surface area contributed by atoms with Crippen molar-refractivity contribution in [3.8, 4) is 11.1 Å². The molecule has 0 bridgehead atoms. The molecule has 0 spiro atoms. The predicted molar refractivity (Wildman–Crippen MR) is 101 cm³/mol. The molecule has 0 aliphatic carbocycles. The van der Waals surface area contributed by atoms with E-state index in [0.29, 0.717) is 29.0 Å². The topological polar surface area (TPSA) is 83.5 Å². The molecule has 0 saturated carbocycles. The lowest BCUT2D eigenvalue weighted by atomic mass is 9.79. The summed E-state index contributed by atoms with van der Waals surface area (Å²) >= 11 is 5.93. The number of halogens is 2. The van der Waals surface area contributed by atoms with Crippen molar-refractivity contribution >= 4 is 17.6 Å². The van der Waals surface area contributed by atoms with Crippen molar-refractivity contribution < 1.29 is 19.4 Å². The Morgan fingerprint density at radius 3 is 2.46 bits per heavy atom. The van der Waals surface area contributed by atoms with E-state index >= 15 is 0 Å². The van der Waals surface area contributed by atoms with E-state index in [0.717, 1.165) is 5.56 Å². The number of aliphatic carboxylic acids is 1. The fourth-order valence-electron chi connectivity index (χ4n) is 3.04. The van der Waals surface area contributed by atoms with Crippen molar-refractivity contribution in [1.82, 2.24) is 0 Å². The molecule has 0 aromatic heterocycles. The summed E-state index contributed by atoms with van der Waals surface area (Å²) in [4.78, 5) is 11.5. The molecular formula is C20H23ClFNO3. The second-order valence-electron chi connectivity index (χ2n) is 6.59. The summed E-state index contributed by atoms with van der Waals surface area (Å²) in [7, 11) is 0. The highest BCUT2D eigenvalue weighted by atomic mass is 35.5. The average Bonchev–Trinajstić information content (AvgIpc) is 2.62. The lowest BCUT2D eigenvalue weighted by molar-refractivity contribution is -0.152. The number of carboxylic acids is 1. The fourth-order valence-corrected chi connectivity index (χ4v) is 3.21. The predicted octanol–water partition coefficient (Wildman–Crippen LogP) is 3.88. The van der Waals surface area contributed by atoms with E-state index in [1.54, 1.807) is 25.1 Å². The van der Waals surface area contributed by atoms with Crippen LogP contribution in [0, 0.1) is 11.2 Å². The summed E-state index contributed by atoms with van der Waals surface area (Å²) in [5.74, 6) is -1.39. The maximum atomic E-state index is 13.9. The van der Waals surface area contributed by atoms with Gasteiger partial charge < -0.3 is 15.9 Å². The Hall–Kier alpha value is -1.95. The van der Waals surface area contributed by atoms with Crippen LogP contribution in [0.2, 0.25) is 5.02 Å². The number of rotatable bonds is 8. The van der Waals surface area contributed by atoms with Crippen LogP contribution in [-0.2, 0) is 11.2 Å². The zero-order valence-corrected chi connectivity index (χ0v) is 15.3. The summed E-state index contributed by atoms with van der Waals surface area (Å²) < 4.78 is 13.9. The molecule has 4 N–H and O–H groups in total. The van der Waals surface area contributed by atoms with Crippen LogP contribution in [0.3, 0.4) is 0 Å². The number of nitrogens with two attached hydrogens (primary N) is 1. The maximum absolute atomic E-state index is 13.9. The molecular weight excluding hydrogens is 357 g/mol. The minimum Gasteiger partial charge on any atom is -0.481 e. The Labute approximate surface area is 157 Å². The molecule has 0 heterocycles. The van der Waals surface area contributed by atoms with Gasteiger partial charge in [0.1, 0.15) is 5.82 Å². The third-order valence-corrected chi connectivity index (χ3v) is 5.01. The van der Waals surface area contributed by atoms with Gasteiger partial charge in [0.15, 0.2) is 0 Å². The summed E-state index contributed by atoms with van der Waals surface area (Å²) in [6.45, 7) is 1.28. The fraction of sp³-hybridized carbons (Fsp3) is 0.350. The van der Waals surface area contributed by atoms with Gasteiger partial charge in [0.2, 0.25) is 0 Å². The molecule has 0 saturated heterocycles. The molecule has 0 amide bonds. The van der Waals surface area contributed by atoms with Crippen molar-refractivity contribution in [2.24, 2.45) is 11.1 Å². The van der Waals surface area contributed by atoms with Gasteiger partial charge in [0, 0.05) is 16.6 Å². The van der Waals surface area contributed by atoms with Crippen LogP contribution in [0.4, 0.5) is 4.39 Å². The largest absolute Gasteiger partial charge is 0.481 e. The molecule has 2 aromatic rings. The number of carbonyl (C=O) groups is 1. The number of hydrogen-bond donors (Lipinski definition) is 3. The van der Waals surface area contributed by atoms with Crippen LogP contribution in [-0.4, -0.2) is 28.8 Å². The lowest BCUT2D eigenvalue weighted by Gasteiger charge is -2.28. The second-order valence-corrected chi connectivity index (χ2v) is 7.02. The van der Waals surface area contributed by atoms with Crippen LogP contribution in [0.5, 0.6) is 0 Å². The Bertz CT molecular complexity index is 760. The zero-order valence-electron chi connectivity index (χ0n) is 14.6. The third kappa shape index (κ3) is 4.61. The normalized spacial score (nSPS) is 14.7. The Balaban J connectivity index is 2.11. The van der Waals surface area contributed by atoms with Crippen molar-refractivity contribution in [3.05, 3.63) is 58.9 Å². The molecule has 2 unspecified atom stereocenters. The van der Waals surface area contributed by atoms with E-state index in [-0.39, 0.29) is 12.2 Å². The summed E-state index contributed by atoms with van der Waals surface area (Å²) in [6, 6.07) is 11.2. The van der Waals surface area contributed by atoms with Gasteiger partial charge in [-0.1, -0.05) is 42.8 Å². The maximum Gasteiger partial charge on any atom is 0.312 e. The lowest BCUT2D eigenvalue weighted by Crippen LogP contribution is -2.41. The van der Waals surface area contributed by atoms with Gasteiger partial charge in [-0.05, 0) is 48.6 Å². The number of carboxylic acid groups (broad SMARTS) is 1. The summed E-state index contributed by atoms with van der Waals surface area (Å²) in [5.41, 5.74) is 6.94. The highest BCUT2D eigenvalue weighted by Crippen LogP contribution is 2.29. The van der Waals surface area contributed by atoms with Crippen molar-refractivity contribution in [2.45, 2.75) is 32.2 Å². The van der Waals surface area contributed by atoms with Gasteiger partial charge in [-0.15, -0.1) is 0 Å².